The monoisotopic (exact) mass is 292 g/mol. The van der Waals surface area contributed by atoms with Crippen molar-refractivity contribution in [2.75, 3.05) is 19.9 Å². The molecule has 0 spiro atoms. The van der Waals surface area contributed by atoms with E-state index in [1.807, 2.05) is 30.0 Å². The van der Waals surface area contributed by atoms with Crippen molar-refractivity contribution >= 4 is 11.8 Å². The van der Waals surface area contributed by atoms with Crippen LogP contribution in [0.5, 0.6) is 5.75 Å². The first-order valence-corrected chi connectivity index (χ1v) is 8.20. The number of nitrogens with zero attached hydrogens (tertiary/aromatic N) is 1. The number of methoxy groups -OCH3 is 1. The maximum absolute atomic E-state index is 8.97. The molecule has 0 aliphatic carbocycles. The summed E-state index contributed by atoms with van der Waals surface area (Å²) in [5.41, 5.74) is 1.72. The predicted octanol–water partition coefficient (Wildman–Crippen LogP) is 3.58. The molecule has 110 valence electrons. The normalized spacial score (nSPS) is 11.2. The molecule has 0 saturated carbocycles. The molecule has 1 rings (SSSR count). The largest absolute Gasteiger partial charge is 0.495 e. The van der Waals surface area contributed by atoms with E-state index in [0.29, 0.717) is 16.1 Å². The highest BCUT2D eigenvalue weighted by Gasteiger charge is 2.23. The third kappa shape index (κ3) is 4.16. The lowest BCUT2D eigenvalue weighted by molar-refractivity contribution is 0.412. The molecule has 1 aromatic carbocycles. The van der Waals surface area contributed by atoms with Crippen LogP contribution in [-0.4, -0.2) is 24.7 Å². The molecule has 0 bridgehead atoms. The van der Waals surface area contributed by atoms with Gasteiger partial charge in [-0.15, -0.1) is 0 Å². The van der Waals surface area contributed by atoms with Gasteiger partial charge in [0.05, 0.1) is 12.7 Å². The lowest BCUT2D eigenvalue weighted by atomic mass is 10.0. The highest BCUT2D eigenvalue weighted by atomic mass is 32.2. The van der Waals surface area contributed by atoms with E-state index in [4.69, 9.17) is 10.00 Å². The standard InChI is InChI=1S/C16H24N2OS/c1-5-16(6-2,20-4)12-18-11-13-7-8-14(10-17)15(9-13)19-3/h7-9,18H,5-6,11-12H2,1-4H3. The number of benzene rings is 1. The highest BCUT2D eigenvalue weighted by molar-refractivity contribution is 8.00. The topological polar surface area (TPSA) is 45.0 Å². The summed E-state index contributed by atoms with van der Waals surface area (Å²) in [6.45, 7) is 6.27. The minimum atomic E-state index is 0.316. The molecule has 1 aromatic rings. The van der Waals surface area contributed by atoms with Crippen molar-refractivity contribution in [3.8, 4) is 11.8 Å². The molecule has 3 nitrogen and oxygen atoms in total. The number of hydrogen-bond donors (Lipinski definition) is 1. The zero-order valence-corrected chi connectivity index (χ0v) is 13.6. The van der Waals surface area contributed by atoms with Crippen LogP contribution in [0.15, 0.2) is 18.2 Å². The van der Waals surface area contributed by atoms with Crippen molar-refractivity contribution in [2.24, 2.45) is 0 Å². The van der Waals surface area contributed by atoms with E-state index in [0.717, 1.165) is 31.5 Å². The summed E-state index contributed by atoms with van der Waals surface area (Å²) in [6.07, 6.45) is 4.50. The van der Waals surface area contributed by atoms with Crippen LogP contribution < -0.4 is 10.1 Å². The molecule has 1 N–H and O–H groups in total. The molecule has 0 saturated heterocycles. The lowest BCUT2D eigenvalue weighted by Crippen LogP contribution is -2.36. The average molecular weight is 292 g/mol. The van der Waals surface area contributed by atoms with Crippen LogP contribution in [0.2, 0.25) is 0 Å². The zero-order chi connectivity index (χ0) is 15.0. The summed E-state index contributed by atoms with van der Waals surface area (Å²) in [6, 6.07) is 7.86. The Balaban J connectivity index is 2.65. The summed E-state index contributed by atoms with van der Waals surface area (Å²) < 4.78 is 5.55. The van der Waals surface area contributed by atoms with Crippen LogP contribution in [0, 0.1) is 11.3 Å². The molecular weight excluding hydrogens is 268 g/mol. The number of ether oxygens (including phenoxy) is 1. The highest BCUT2D eigenvalue weighted by Crippen LogP contribution is 2.29. The van der Waals surface area contributed by atoms with E-state index >= 15 is 0 Å². The minimum absolute atomic E-state index is 0.316. The Hall–Kier alpha value is -1.18. The minimum Gasteiger partial charge on any atom is -0.495 e. The van der Waals surface area contributed by atoms with Crippen molar-refractivity contribution < 1.29 is 4.74 Å². The van der Waals surface area contributed by atoms with E-state index in [2.05, 4.69) is 31.5 Å². The van der Waals surface area contributed by atoms with Gasteiger partial charge in [-0.1, -0.05) is 19.9 Å². The van der Waals surface area contributed by atoms with Gasteiger partial charge >= 0.3 is 0 Å². The Morgan fingerprint density at radius 2 is 2.05 bits per heavy atom. The van der Waals surface area contributed by atoms with Gasteiger partial charge in [0.15, 0.2) is 0 Å². The summed E-state index contributed by atoms with van der Waals surface area (Å²) in [4.78, 5) is 0. The molecule has 0 aromatic heterocycles. The summed E-state index contributed by atoms with van der Waals surface area (Å²) in [5.74, 6) is 0.647. The van der Waals surface area contributed by atoms with Crippen LogP contribution >= 0.6 is 11.8 Å². The third-order valence-corrected chi connectivity index (χ3v) is 5.47. The summed E-state index contributed by atoms with van der Waals surface area (Å²) in [7, 11) is 1.60. The first-order chi connectivity index (χ1) is 9.64. The molecule has 0 aliphatic heterocycles. The lowest BCUT2D eigenvalue weighted by Gasteiger charge is -2.30. The van der Waals surface area contributed by atoms with Crippen LogP contribution in [0.1, 0.15) is 37.8 Å². The Morgan fingerprint density at radius 3 is 2.55 bits per heavy atom. The van der Waals surface area contributed by atoms with E-state index in [1.54, 1.807) is 7.11 Å². The molecular formula is C16H24N2OS. The number of thioether (sulfide) groups is 1. The maximum atomic E-state index is 8.97. The molecule has 0 aliphatic rings. The van der Waals surface area contributed by atoms with Gasteiger partial charge in [0.2, 0.25) is 0 Å². The first-order valence-electron chi connectivity index (χ1n) is 6.97. The van der Waals surface area contributed by atoms with Crippen molar-refractivity contribution in [1.29, 1.82) is 5.26 Å². The first kappa shape index (κ1) is 16.9. The number of nitrogens with one attached hydrogen (secondary N) is 1. The molecule has 0 amide bonds. The Kier molecular flexibility index (Phi) is 6.90. The van der Waals surface area contributed by atoms with E-state index < -0.39 is 0 Å². The molecule has 0 fully saturated rings. The fourth-order valence-electron chi connectivity index (χ4n) is 2.23. The van der Waals surface area contributed by atoms with Crippen molar-refractivity contribution in [1.82, 2.24) is 5.32 Å². The van der Waals surface area contributed by atoms with Gasteiger partial charge in [-0.05, 0) is 36.8 Å². The van der Waals surface area contributed by atoms with Crippen molar-refractivity contribution in [2.45, 2.75) is 38.0 Å². The fraction of sp³-hybridized carbons (Fsp3) is 0.562. The average Bonchev–Trinajstić information content (AvgIpc) is 2.51. The number of hydrogen-bond acceptors (Lipinski definition) is 4. The Bertz CT molecular complexity index is 456. The van der Waals surface area contributed by atoms with E-state index in [9.17, 15) is 0 Å². The Labute approximate surface area is 126 Å². The van der Waals surface area contributed by atoms with Crippen LogP contribution in [0.3, 0.4) is 0 Å². The fourth-order valence-corrected chi connectivity index (χ4v) is 3.06. The second-order valence-corrected chi connectivity index (χ2v) is 6.12. The quantitative estimate of drug-likeness (QED) is 0.795. The predicted molar refractivity (Wildman–Crippen MR) is 86.2 cm³/mol. The van der Waals surface area contributed by atoms with Gasteiger partial charge in [-0.25, -0.2) is 0 Å². The second kappa shape index (κ2) is 8.18. The Morgan fingerprint density at radius 1 is 1.35 bits per heavy atom. The maximum Gasteiger partial charge on any atom is 0.136 e. The van der Waals surface area contributed by atoms with Crippen LogP contribution in [-0.2, 0) is 6.54 Å². The van der Waals surface area contributed by atoms with Crippen LogP contribution in [0.25, 0.3) is 0 Å². The van der Waals surface area contributed by atoms with E-state index in [1.165, 1.54) is 0 Å². The van der Waals surface area contributed by atoms with Gasteiger partial charge in [0.25, 0.3) is 0 Å². The van der Waals surface area contributed by atoms with Crippen molar-refractivity contribution in [3.63, 3.8) is 0 Å². The van der Waals surface area contributed by atoms with E-state index in [-0.39, 0.29) is 0 Å². The van der Waals surface area contributed by atoms with Crippen molar-refractivity contribution in [3.05, 3.63) is 29.3 Å². The summed E-state index contributed by atoms with van der Waals surface area (Å²) >= 11 is 1.94. The molecule has 20 heavy (non-hydrogen) atoms. The smallest absolute Gasteiger partial charge is 0.136 e. The zero-order valence-electron chi connectivity index (χ0n) is 12.8. The van der Waals surface area contributed by atoms with Gasteiger partial charge in [-0.2, -0.15) is 17.0 Å². The molecule has 0 radical (unpaired) electrons. The number of nitriles is 1. The van der Waals surface area contributed by atoms with Gasteiger partial charge in [0.1, 0.15) is 11.8 Å². The van der Waals surface area contributed by atoms with Gasteiger partial charge in [0, 0.05) is 17.8 Å². The molecule has 0 heterocycles. The third-order valence-electron chi connectivity index (χ3n) is 3.88. The molecule has 0 unspecified atom stereocenters. The number of rotatable bonds is 8. The molecule has 0 atom stereocenters. The van der Waals surface area contributed by atoms with Crippen LogP contribution in [0.4, 0.5) is 0 Å². The van der Waals surface area contributed by atoms with Gasteiger partial charge < -0.3 is 10.1 Å². The summed E-state index contributed by atoms with van der Waals surface area (Å²) in [5, 5.41) is 12.5. The van der Waals surface area contributed by atoms with Gasteiger partial charge in [-0.3, -0.25) is 0 Å². The second-order valence-electron chi connectivity index (χ2n) is 4.84. The molecule has 4 heteroatoms. The SMILES string of the molecule is CCC(CC)(CNCc1ccc(C#N)c(OC)c1)SC.